The maximum absolute atomic E-state index is 5.34. The third-order valence-electron chi connectivity index (χ3n) is 3.05. The van der Waals surface area contributed by atoms with E-state index >= 15 is 0 Å². The molecule has 2 rings (SSSR count). The molecule has 1 N–H and O–H groups in total. The molecular weight excluding hydrogens is 202 g/mol. The van der Waals surface area contributed by atoms with Crippen LogP contribution < -0.4 is 14.8 Å². The maximum Gasteiger partial charge on any atom is 0.231 e. The van der Waals surface area contributed by atoms with Gasteiger partial charge in [-0.2, -0.15) is 0 Å². The first-order valence-corrected chi connectivity index (χ1v) is 5.63. The molecule has 16 heavy (non-hydrogen) atoms. The van der Waals surface area contributed by atoms with E-state index in [2.05, 4.69) is 33.0 Å². The van der Waals surface area contributed by atoms with Crippen LogP contribution >= 0.6 is 0 Å². The van der Waals surface area contributed by atoms with Crippen LogP contribution in [0, 0.1) is 5.41 Å². The van der Waals surface area contributed by atoms with E-state index in [0.717, 1.165) is 17.2 Å². The number of hydrogen-bond donors (Lipinski definition) is 1. The second kappa shape index (κ2) is 3.89. The van der Waals surface area contributed by atoms with Gasteiger partial charge in [-0.1, -0.05) is 20.8 Å². The zero-order chi connectivity index (χ0) is 11.8. The van der Waals surface area contributed by atoms with E-state index in [4.69, 9.17) is 9.47 Å². The molecule has 0 aliphatic carbocycles. The first kappa shape index (κ1) is 11.1. The number of ether oxygens (including phenoxy) is 2. The number of anilines is 1. The van der Waals surface area contributed by atoms with Crippen LogP contribution in [0.5, 0.6) is 11.5 Å². The highest BCUT2D eigenvalue weighted by Crippen LogP contribution is 2.35. The highest BCUT2D eigenvalue weighted by atomic mass is 16.7. The summed E-state index contributed by atoms with van der Waals surface area (Å²) in [6.07, 6.45) is 0. The lowest BCUT2D eigenvalue weighted by molar-refractivity contribution is 0.174. The Kier molecular flexibility index (Phi) is 2.70. The minimum atomic E-state index is 0.233. The van der Waals surface area contributed by atoms with Gasteiger partial charge in [0.2, 0.25) is 6.79 Å². The van der Waals surface area contributed by atoms with Gasteiger partial charge in [-0.25, -0.2) is 0 Å². The van der Waals surface area contributed by atoms with Gasteiger partial charge in [0, 0.05) is 17.8 Å². The zero-order valence-corrected chi connectivity index (χ0v) is 10.3. The van der Waals surface area contributed by atoms with E-state index in [0.29, 0.717) is 12.8 Å². The fraction of sp³-hybridized carbons (Fsp3) is 0.538. The predicted octanol–water partition coefficient (Wildman–Crippen LogP) is 3.26. The fourth-order valence-electron chi connectivity index (χ4n) is 1.45. The number of hydrogen-bond acceptors (Lipinski definition) is 3. The second-order valence-corrected chi connectivity index (χ2v) is 5.30. The standard InChI is InChI=1S/C13H19NO2/c1-9(13(2,3)4)14-10-5-6-11-12(7-10)16-8-15-11/h5-7,9,14H,8H2,1-4H3. The molecule has 1 aromatic rings. The Morgan fingerprint density at radius 1 is 1.19 bits per heavy atom. The Balaban J connectivity index is 2.11. The highest BCUT2D eigenvalue weighted by Gasteiger charge is 2.20. The molecule has 0 spiro atoms. The van der Waals surface area contributed by atoms with E-state index in [1.807, 2.05) is 18.2 Å². The lowest BCUT2D eigenvalue weighted by Gasteiger charge is -2.29. The van der Waals surface area contributed by atoms with E-state index in [1.54, 1.807) is 0 Å². The van der Waals surface area contributed by atoms with E-state index < -0.39 is 0 Å². The molecule has 0 aromatic heterocycles. The Morgan fingerprint density at radius 2 is 1.88 bits per heavy atom. The first-order chi connectivity index (χ1) is 7.47. The lowest BCUT2D eigenvalue weighted by Crippen LogP contribution is -2.30. The minimum Gasteiger partial charge on any atom is -0.454 e. The van der Waals surface area contributed by atoms with E-state index in [-0.39, 0.29) is 5.41 Å². The molecule has 88 valence electrons. The topological polar surface area (TPSA) is 30.5 Å². The normalized spacial score (nSPS) is 16.0. The third kappa shape index (κ3) is 2.23. The molecule has 1 aliphatic rings. The van der Waals surface area contributed by atoms with Crippen LogP contribution in [0.4, 0.5) is 5.69 Å². The molecule has 1 aromatic carbocycles. The Bertz CT molecular complexity index is 382. The summed E-state index contributed by atoms with van der Waals surface area (Å²) >= 11 is 0. The van der Waals surface area contributed by atoms with Gasteiger partial charge in [-0.15, -0.1) is 0 Å². The van der Waals surface area contributed by atoms with Crippen molar-refractivity contribution >= 4 is 5.69 Å². The number of fused-ring (bicyclic) bond motifs is 1. The molecule has 3 nitrogen and oxygen atoms in total. The van der Waals surface area contributed by atoms with Crippen molar-refractivity contribution in [2.24, 2.45) is 5.41 Å². The molecule has 3 heteroatoms. The molecule has 0 amide bonds. The largest absolute Gasteiger partial charge is 0.454 e. The molecular formula is C13H19NO2. The van der Waals surface area contributed by atoms with Crippen LogP contribution in [-0.2, 0) is 0 Å². The van der Waals surface area contributed by atoms with Crippen LogP contribution in [-0.4, -0.2) is 12.8 Å². The van der Waals surface area contributed by atoms with E-state index in [9.17, 15) is 0 Å². The molecule has 1 atom stereocenters. The summed E-state index contributed by atoms with van der Waals surface area (Å²) in [7, 11) is 0. The SMILES string of the molecule is CC(Nc1ccc2c(c1)OCO2)C(C)(C)C. The van der Waals surface area contributed by atoms with Gasteiger partial charge < -0.3 is 14.8 Å². The number of benzene rings is 1. The minimum absolute atomic E-state index is 0.233. The highest BCUT2D eigenvalue weighted by molar-refractivity contribution is 5.56. The van der Waals surface area contributed by atoms with Crippen LogP contribution in [0.3, 0.4) is 0 Å². The van der Waals surface area contributed by atoms with E-state index in [1.165, 1.54) is 0 Å². The van der Waals surface area contributed by atoms with Gasteiger partial charge in [0.05, 0.1) is 0 Å². The van der Waals surface area contributed by atoms with Crippen molar-refractivity contribution in [2.45, 2.75) is 33.7 Å². The summed E-state index contributed by atoms with van der Waals surface area (Å²) in [5.74, 6) is 1.65. The van der Waals surface area contributed by atoms with Gasteiger partial charge >= 0.3 is 0 Å². The van der Waals surface area contributed by atoms with Gasteiger partial charge in [0.15, 0.2) is 11.5 Å². The van der Waals surface area contributed by atoms with Gasteiger partial charge in [0.25, 0.3) is 0 Å². The Labute approximate surface area is 96.8 Å². The maximum atomic E-state index is 5.34. The summed E-state index contributed by atoms with van der Waals surface area (Å²) in [4.78, 5) is 0. The molecule has 0 radical (unpaired) electrons. The van der Waals surface area contributed by atoms with Gasteiger partial charge in [-0.05, 0) is 24.5 Å². The predicted molar refractivity (Wildman–Crippen MR) is 65.1 cm³/mol. The summed E-state index contributed by atoms with van der Waals surface area (Å²) in [5, 5.41) is 3.48. The molecule has 0 saturated carbocycles. The van der Waals surface area contributed by atoms with Crippen molar-refractivity contribution in [3.8, 4) is 11.5 Å². The molecule has 0 saturated heterocycles. The van der Waals surface area contributed by atoms with Crippen molar-refractivity contribution in [2.75, 3.05) is 12.1 Å². The molecule has 0 bridgehead atoms. The third-order valence-corrected chi connectivity index (χ3v) is 3.05. The Hall–Kier alpha value is -1.38. The van der Waals surface area contributed by atoms with Gasteiger partial charge in [-0.3, -0.25) is 0 Å². The quantitative estimate of drug-likeness (QED) is 0.831. The zero-order valence-electron chi connectivity index (χ0n) is 10.3. The van der Waals surface area contributed by atoms with Crippen molar-refractivity contribution in [3.05, 3.63) is 18.2 Å². The van der Waals surface area contributed by atoms with Crippen molar-refractivity contribution in [1.29, 1.82) is 0 Å². The van der Waals surface area contributed by atoms with Crippen LogP contribution in [0.2, 0.25) is 0 Å². The lowest BCUT2D eigenvalue weighted by atomic mass is 9.88. The van der Waals surface area contributed by atoms with Crippen LogP contribution in [0.25, 0.3) is 0 Å². The monoisotopic (exact) mass is 221 g/mol. The first-order valence-electron chi connectivity index (χ1n) is 5.63. The molecule has 1 unspecified atom stereocenters. The van der Waals surface area contributed by atoms with Crippen molar-refractivity contribution in [1.82, 2.24) is 0 Å². The van der Waals surface area contributed by atoms with Gasteiger partial charge in [0.1, 0.15) is 0 Å². The molecule has 0 fully saturated rings. The molecule has 1 heterocycles. The summed E-state index contributed by atoms with van der Waals surface area (Å²) in [5.41, 5.74) is 1.31. The summed E-state index contributed by atoms with van der Waals surface area (Å²) < 4.78 is 10.6. The average Bonchev–Trinajstić information content (AvgIpc) is 2.63. The summed E-state index contributed by atoms with van der Waals surface area (Å²) in [6.45, 7) is 9.17. The Morgan fingerprint density at radius 3 is 2.56 bits per heavy atom. The fourth-order valence-corrected chi connectivity index (χ4v) is 1.45. The van der Waals surface area contributed by atoms with Crippen molar-refractivity contribution in [3.63, 3.8) is 0 Å². The number of nitrogens with one attached hydrogen (secondary N) is 1. The summed E-state index contributed by atoms with van der Waals surface area (Å²) in [6, 6.07) is 6.35. The molecule has 1 aliphatic heterocycles. The number of rotatable bonds is 2. The average molecular weight is 221 g/mol. The van der Waals surface area contributed by atoms with Crippen LogP contribution in [0.1, 0.15) is 27.7 Å². The van der Waals surface area contributed by atoms with Crippen molar-refractivity contribution < 1.29 is 9.47 Å². The second-order valence-electron chi connectivity index (χ2n) is 5.30. The smallest absolute Gasteiger partial charge is 0.231 e. The van der Waals surface area contributed by atoms with Crippen LogP contribution in [0.15, 0.2) is 18.2 Å².